The molecule has 96 valence electrons. The molecule has 2 rings (SSSR count). The van der Waals surface area contributed by atoms with Gasteiger partial charge in [-0.3, -0.25) is 5.32 Å². The van der Waals surface area contributed by atoms with Crippen molar-refractivity contribution in [3.8, 4) is 0 Å². The Kier molecular flexibility index (Phi) is 4.20. The highest BCUT2D eigenvalue weighted by atomic mass is 32.1. The number of aliphatic hydroxyl groups excluding tert-OH is 2. The van der Waals surface area contributed by atoms with Gasteiger partial charge in [0.15, 0.2) is 0 Å². The van der Waals surface area contributed by atoms with Crippen LogP contribution in [0.1, 0.15) is 37.1 Å². The largest absolute Gasteiger partial charge is 0.394 e. The maximum absolute atomic E-state index is 9.51. The van der Waals surface area contributed by atoms with Crippen LogP contribution in [-0.4, -0.2) is 29.0 Å². The molecule has 1 aromatic rings. The second kappa shape index (κ2) is 5.48. The van der Waals surface area contributed by atoms with E-state index in [1.54, 1.807) is 11.3 Å². The van der Waals surface area contributed by atoms with Gasteiger partial charge in [-0.25, -0.2) is 0 Å². The number of thiophene rings is 1. The molecule has 1 unspecified atom stereocenters. The van der Waals surface area contributed by atoms with Gasteiger partial charge in [0.05, 0.1) is 18.8 Å². The molecule has 0 saturated heterocycles. The molecule has 0 aromatic carbocycles. The Hall–Kier alpha value is -0.420. The highest BCUT2D eigenvalue weighted by Gasteiger charge is 2.38. The molecular weight excluding hydrogens is 234 g/mol. The quantitative estimate of drug-likeness (QED) is 0.698. The van der Waals surface area contributed by atoms with Crippen LogP contribution in [0.4, 0.5) is 0 Å². The lowest BCUT2D eigenvalue weighted by Gasteiger charge is -2.34. The van der Waals surface area contributed by atoms with Gasteiger partial charge in [-0.1, -0.05) is 13.0 Å². The van der Waals surface area contributed by atoms with E-state index in [-0.39, 0.29) is 19.3 Å². The molecule has 1 fully saturated rings. The average Bonchev–Trinajstić information content (AvgIpc) is 3.07. The fraction of sp³-hybridized carbons (Fsp3) is 0.692. The fourth-order valence-electron chi connectivity index (χ4n) is 2.12. The van der Waals surface area contributed by atoms with Gasteiger partial charge in [0.25, 0.3) is 0 Å². The molecule has 0 amide bonds. The molecule has 3 N–H and O–H groups in total. The number of hydrogen-bond acceptors (Lipinski definition) is 4. The molecule has 0 aliphatic heterocycles. The van der Waals surface area contributed by atoms with Crippen LogP contribution in [0.5, 0.6) is 0 Å². The van der Waals surface area contributed by atoms with Crippen molar-refractivity contribution in [1.82, 2.24) is 5.32 Å². The van der Waals surface area contributed by atoms with Gasteiger partial charge in [0.1, 0.15) is 0 Å². The number of aliphatic hydroxyl groups is 2. The molecule has 0 bridgehead atoms. The van der Waals surface area contributed by atoms with E-state index in [4.69, 9.17) is 0 Å². The maximum atomic E-state index is 9.51. The molecule has 4 heteroatoms. The number of hydrogen-bond donors (Lipinski definition) is 3. The van der Waals surface area contributed by atoms with E-state index in [1.165, 1.54) is 17.7 Å². The summed E-state index contributed by atoms with van der Waals surface area (Å²) in [6.45, 7) is 1.96. The molecule has 1 atom stereocenters. The second-order valence-corrected chi connectivity index (χ2v) is 5.90. The van der Waals surface area contributed by atoms with Crippen LogP contribution in [-0.2, 0) is 0 Å². The van der Waals surface area contributed by atoms with Crippen LogP contribution in [0, 0.1) is 5.92 Å². The van der Waals surface area contributed by atoms with Crippen LogP contribution >= 0.6 is 11.3 Å². The standard InChI is InChI=1S/C13H21NO2S/c1-2-13(8-15,9-16)14-12(10-5-6-10)11-4-3-7-17-11/h3-4,7,10,12,14-16H,2,5-6,8-9H2,1H3. The van der Waals surface area contributed by atoms with E-state index in [2.05, 4.69) is 22.8 Å². The first-order valence-electron chi connectivity index (χ1n) is 6.27. The molecule has 0 radical (unpaired) electrons. The summed E-state index contributed by atoms with van der Waals surface area (Å²) in [7, 11) is 0. The monoisotopic (exact) mass is 255 g/mol. The van der Waals surface area contributed by atoms with Crippen molar-refractivity contribution in [2.24, 2.45) is 5.92 Å². The van der Waals surface area contributed by atoms with Gasteiger partial charge in [0.2, 0.25) is 0 Å². The summed E-state index contributed by atoms with van der Waals surface area (Å²) in [5.74, 6) is 0.665. The van der Waals surface area contributed by atoms with Crippen molar-refractivity contribution in [2.45, 2.75) is 37.8 Å². The van der Waals surface area contributed by atoms with Gasteiger partial charge >= 0.3 is 0 Å². The van der Waals surface area contributed by atoms with Crippen LogP contribution in [0.25, 0.3) is 0 Å². The third-order valence-electron chi connectivity index (χ3n) is 3.69. The summed E-state index contributed by atoms with van der Waals surface area (Å²) in [6.07, 6.45) is 3.22. The Morgan fingerprint density at radius 1 is 1.47 bits per heavy atom. The molecule has 1 heterocycles. The fourth-order valence-corrected chi connectivity index (χ4v) is 2.99. The molecule has 0 spiro atoms. The first-order valence-corrected chi connectivity index (χ1v) is 7.15. The van der Waals surface area contributed by atoms with Crippen LogP contribution in [0.3, 0.4) is 0 Å². The van der Waals surface area contributed by atoms with E-state index in [1.807, 2.05) is 6.92 Å². The Morgan fingerprint density at radius 2 is 2.18 bits per heavy atom. The van der Waals surface area contributed by atoms with Crippen LogP contribution in [0.15, 0.2) is 17.5 Å². The number of nitrogens with one attached hydrogen (secondary N) is 1. The van der Waals surface area contributed by atoms with Gasteiger partial charge in [0, 0.05) is 10.9 Å². The minimum Gasteiger partial charge on any atom is -0.394 e. The zero-order chi connectivity index (χ0) is 12.3. The Balaban J connectivity index is 2.12. The van der Waals surface area contributed by atoms with E-state index in [9.17, 15) is 10.2 Å². The highest BCUT2D eigenvalue weighted by Crippen LogP contribution is 2.43. The normalized spacial score (nSPS) is 18.3. The first kappa shape index (κ1) is 13.0. The predicted molar refractivity (Wildman–Crippen MR) is 70.1 cm³/mol. The second-order valence-electron chi connectivity index (χ2n) is 4.92. The Bertz CT molecular complexity index is 323. The summed E-state index contributed by atoms with van der Waals surface area (Å²) in [5.41, 5.74) is -0.544. The summed E-state index contributed by atoms with van der Waals surface area (Å²) in [6, 6.07) is 4.48. The molecule has 1 aromatic heterocycles. The molecule has 1 aliphatic carbocycles. The summed E-state index contributed by atoms with van der Waals surface area (Å²) in [5, 5.41) is 24.6. The van der Waals surface area contributed by atoms with Crippen molar-refractivity contribution < 1.29 is 10.2 Å². The van der Waals surface area contributed by atoms with Gasteiger partial charge in [-0.15, -0.1) is 11.3 Å². The van der Waals surface area contributed by atoms with Crippen molar-refractivity contribution in [3.63, 3.8) is 0 Å². The highest BCUT2D eigenvalue weighted by molar-refractivity contribution is 7.10. The maximum Gasteiger partial charge on any atom is 0.0650 e. The molecule has 3 nitrogen and oxygen atoms in total. The van der Waals surface area contributed by atoms with Crippen molar-refractivity contribution >= 4 is 11.3 Å². The van der Waals surface area contributed by atoms with E-state index in [0.717, 1.165) is 6.42 Å². The van der Waals surface area contributed by atoms with Crippen molar-refractivity contribution in [3.05, 3.63) is 22.4 Å². The van der Waals surface area contributed by atoms with Gasteiger partial charge in [-0.2, -0.15) is 0 Å². The summed E-state index contributed by atoms with van der Waals surface area (Å²) in [4.78, 5) is 1.31. The lowest BCUT2D eigenvalue weighted by molar-refractivity contribution is 0.0751. The summed E-state index contributed by atoms with van der Waals surface area (Å²) < 4.78 is 0. The smallest absolute Gasteiger partial charge is 0.0650 e. The third-order valence-corrected chi connectivity index (χ3v) is 4.64. The topological polar surface area (TPSA) is 52.5 Å². The Morgan fingerprint density at radius 3 is 2.59 bits per heavy atom. The van der Waals surface area contributed by atoms with E-state index < -0.39 is 5.54 Å². The number of rotatable bonds is 7. The lowest BCUT2D eigenvalue weighted by atomic mass is 9.95. The SMILES string of the molecule is CCC(CO)(CO)NC(c1cccs1)C1CC1. The molecular formula is C13H21NO2S. The van der Waals surface area contributed by atoms with Gasteiger partial charge in [-0.05, 0) is 36.6 Å². The lowest BCUT2D eigenvalue weighted by Crippen LogP contribution is -2.52. The summed E-state index contributed by atoms with van der Waals surface area (Å²) >= 11 is 1.75. The zero-order valence-electron chi connectivity index (χ0n) is 10.2. The molecule has 1 aliphatic rings. The van der Waals surface area contributed by atoms with E-state index in [0.29, 0.717) is 5.92 Å². The first-order chi connectivity index (χ1) is 8.24. The van der Waals surface area contributed by atoms with Gasteiger partial charge < -0.3 is 10.2 Å². The van der Waals surface area contributed by atoms with E-state index >= 15 is 0 Å². The average molecular weight is 255 g/mol. The van der Waals surface area contributed by atoms with Crippen LogP contribution < -0.4 is 5.32 Å². The molecule has 1 saturated carbocycles. The predicted octanol–water partition coefficient (Wildman–Crippen LogP) is 1.92. The third kappa shape index (κ3) is 2.88. The Labute approximate surface area is 106 Å². The van der Waals surface area contributed by atoms with Crippen molar-refractivity contribution in [1.29, 1.82) is 0 Å². The van der Waals surface area contributed by atoms with Crippen molar-refractivity contribution in [2.75, 3.05) is 13.2 Å². The minimum absolute atomic E-state index is 0.0193. The minimum atomic E-state index is -0.544. The zero-order valence-corrected chi connectivity index (χ0v) is 11.0. The van der Waals surface area contributed by atoms with Crippen LogP contribution in [0.2, 0.25) is 0 Å². The molecule has 17 heavy (non-hydrogen) atoms.